The van der Waals surface area contributed by atoms with Gasteiger partial charge in [-0.3, -0.25) is 4.79 Å². The van der Waals surface area contributed by atoms with Crippen LogP contribution in [0.4, 0.5) is 0 Å². The van der Waals surface area contributed by atoms with E-state index in [0.29, 0.717) is 12.5 Å². The Morgan fingerprint density at radius 2 is 1.90 bits per heavy atom. The number of piperidine rings is 1. The lowest BCUT2D eigenvalue weighted by atomic mass is 9.80. The van der Waals surface area contributed by atoms with E-state index in [2.05, 4.69) is 13.8 Å². The highest BCUT2D eigenvalue weighted by atomic mass is 35.5. The van der Waals surface area contributed by atoms with Crippen LogP contribution in [0.25, 0.3) is 0 Å². The Labute approximate surface area is 135 Å². The molecule has 1 fully saturated rings. The van der Waals surface area contributed by atoms with Crippen molar-refractivity contribution in [3.05, 3.63) is 0 Å². The average molecular weight is 328 g/mol. The summed E-state index contributed by atoms with van der Waals surface area (Å²) in [5, 5.41) is 0. The third kappa shape index (κ3) is 4.76. The smallest absolute Gasteiger partial charge is 0.230 e. The number of nitrogens with zero attached hydrogens (tertiary/aromatic N) is 1. The third-order valence-corrected chi connectivity index (χ3v) is 4.69. The number of carbonyl (C=O) groups is 1. The molecule has 4 N–H and O–H groups in total. The molecule has 0 radical (unpaired) electrons. The average Bonchev–Trinajstić information content (AvgIpc) is 2.41. The maximum absolute atomic E-state index is 12.7. The minimum atomic E-state index is -0.361. The minimum Gasteiger partial charge on any atom is -0.342 e. The fourth-order valence-electron chi connectivity index (χ4n) is 2.89. The van der Waals surface area contributed by atoms with Crippen molar-refractivity contribution in [2.24, 2.45) is 22.8 Å². The second-order valence-corrected chi connectivity index (χ2v) is 5.70. The monoisotopic (exact) mass is 327 g/mol. The molecule has 0 saturated carbocycles. The Morgan fingerprint density at radius 3 is 2.30 bits per heavy atom. The molecular weight excluding hydrogens is 297 g/mol. The number of hydrogen-bond donors (Lipinski definition) is 2. The summed E-state index contributed by atoms with van der Waals surface area (Å²) >= 11 is 0. The number of halogens is 2. The van der Waals surface area contributed by atoms with Crippen LogP contribution in [0, 0.1) is 11.3 Å². The minimum absolute atomic E-state index is 0. The highest BCUT2D eigenvalue weighted by Crippen LogP contribution is 2.30. The number of amides is 1. The molecule has 2 atom stereocenters. The first-order valence-electron chi connectivity index (χ1n) is 7.25. The van der Waals surface area contributed by atoms with Gasteiger partial charge in [-0.15, -0.1) is 24.8 Å². The van der Waals surface area contributed by atoms with E-state index in [4.69, 9.17) is 11.5 Å². The van der Waals surface area contributed by atoms with Crippen molar-refractivity contribution in [1.82, 2.24) is 4.90 Å². The van der Waals surface area contributed by atoms with Crippen molar-refractivity contribution in [2.75, 3.05) is 19.6 Å². The predicted octanol–water partition coefficient (Wildman–Crippen LogP) is 2.18. The van der Waals surface area contributed by atoms with E-state index >= 15 is 0 Å². The van der Waals surface area contributed by atoms with E-state index in [1.807, 2.05) is 11.8 Å². The number of likely N-dealkylation sites (tertiary alicyclic amines) is 1. The molecule has 1 aliphatic rings. The predicted molar refractivity (Wildman–Crippen MR) is 89.5 cm³/mol. The maximum atomic E-state index is 12.7. The standard InChI is InChI=1S/C14H29N3O.2ClH/c1-4-14(5-2,10-15)13(18)17-8-6-7-12(9-17)11(3)16;;/h11-12H,4-10,15-16H2,1-3H3;2*1H. The first-order valence-corrected chi connectivity index (χ1v) is 7.25. The summed E-state index contributed by atoms with van der Waals surface area (Å²) in [5.74, 6) is 0.673. The lowest BCUT2D eigenvalue weighted by Crippen LogP contribution is -2.52. The van der Waals surface area contributed by atoms with Crippen LogP contribution in [0.1, 0.15) is 46.5 Å². The molecular formula is C14H31Cl2N3O. The summed E-state index contributed by atoms with van der Waals surface area (Å²) in [7, 11) is 0. The number of rotatable bonds is 5. The molecule has 0 aliphatic carbocycles. The molecule has 0 aromatic heterocycles. The van der Waals surface area contributed by atoms with Crippen molar-refractivity contribution < 1.29 is 4.79 Å². The fraction of sp³-hybridized carbons (Fsp3) is 0.929. The van der Waals surface area contributed by atoms with Gasteiger partial charge in [-0.05, 0) is 38.5 Å². The summed E-state index contributed by atoms with van der Waals surface area (Å²) in [5.41, 5.74) is 11.5. The second kappa shape index (κ2) is 9.82. The Morgan fingerprint density at radius 1 is 1.35 bits per heavy atom. The quantitative estimate of drug-likeness (QED) is 0.812. The van der Waals surface area contributed by atoms with Crippen LogP contribution in [0.5, 0.6) is 0 Å². The van der Waals surface area contributed by atoms with Gasteiger partial charge in [0.25, 0.3) is 0 Å². The molecule has 1 saturated heterocycles. The van der Waals surface area contributed by atoms with E-state index in [0.717, 1.165) is 38.8 Å². The highest BCUT2D eigenvalue weighted by Gasteiger charge is 2.38. The Kier molecular flexibility index (Phi) is 10.9. The van der Waals surface area contributed by atoms with E-state index < -0.39 is 0 Å². The zero-order valence-electron chi connectivity index (χ0n) is 12.9. The summed E-state index contributed by atoms with van der Waals surface area (Å²) in [4.78, 5) is 14.7. The molecule has 1 rings (SSSR count). The van der Waals surface area contributed by atoms with Crippen molar-refractivity contribution >= 4 is 30.7 Å². The third-order valence-electron chi connectivity index (χ3n) is 4.69. The molecule has 122 valence electrons. The molecule has 2 unspecified atom stereocenters. The van der Waals surface area contributed by atoms with E-state index in [1.54, 1.807) is 0 Å². The lowest BCUT2D eigenvalue weighted by Gasteiger charge is -2.40. The Bertz CT molecular complexity index is 275. The zero-order chi connectivity index (χ0) is 13.8. The lowest BCUT2D eigenvalue weighted by molar-refractivity contribution is -0.144. The van der Waals surface area contributed by atoms with Crippen LogP contribution >= 0.6 is 24.8 Å². The molecule has 6 heteroatoms. The van der Waals surface area contributed by atoms with Crippen LogP contribution < -0.4 is 11.5 Å². The fourth-order valence-corrected chi connectivity index (χ4v) is 2.89. The first-order chi connectivity index (χ1) is 8.50. The van der Waals surface area contributed by atoms with Gasteiger partial charge in [0.05, 0.1) is 5.41 Å². The molecule has 20 heavy (non-hydrogen) atoms. The van der Waals surface area contributed by atoms with Crippen molar-refractivity contribution in [3.8, 4) is 0 Å². The number of hydrogen-bond acceptors (Lipinski definition) is 3. The first kappa shape index (κ1) is 22.3. The van der Waals surface area contributed by atoms with Gasteiger partial charge >= 0.3 is 0 Å². The van der Waals surface area contributed by atoms with E-state index in [9.17, 15) is 4.79 Å². The molecule has 1 aliphatic heterocycles. The van der Waals surface area contributed by atoms with Gasteiger partial charge < -0.3 is 16.4 Å². The molecule has 1 amide bonds. The molecule has 0 spiro atoms. The SMILES string of the molecule is CCC(CC)(CN)C(=O)N1CCCC(C(C)N)C1.Cl.Cl. The van der Waals surface area contributed by atoms with Gasteiger partial charge in [0, 0.05) is 25.7 Å². The highest BCUT2D eigenvalue weighted by molar-refractivity contribution is 5.85. The number of nitrogens with two attached hydrogens (primary N) is 2. The topological polar surface area (TPSA) is 72.4 Å². The van der Waals surface area contributed by atoms with E-state index in [-0.39, 0.29) is 42.2 Å². The summed E-state index contributed by atoms with van der Waals surface area (Å²) in [6.45, 7) is 8.26. The van der Waals surface area contributed by atoms with Crippen LogP contribution in [0.15, 0.2) is 0 Å². The summed E-state index contributed by atoms with van der Waals surface area (Å²) in [6.07, 6.45) is 3.83. The van der Waals surface area contributed by atoms with Crippen LogP contribution in [0.3, 0.4) is 0 Å². The summed E-state index contributed by atoms with van der Waals surface area (Å²) in [6, 6.07) is 0.163. The molecule has 0 aromatic rings. The molecule has 4 nitrogen and oxygen atoms in total. The molecule has 0 bridgehead atoms. The van der Waals surface area contributed by atoms with Crippen molar-refractivity contribution in [3.63, 3.8) is 0 Å². The molecule has 1 heterocycles. The van der Waals surface area contributed by atoms with Gasteiger partial charge in [-0.2, -0.15) is 0 Å². The van der Waals surface area contributed by atoms with Gasteiger partial charge in [0.1, 0.15) is 0 Å². The van der Waals surface area contributed by atoms with Gasteiger partial charge in [-0.25, -0.2) is 0 Å². The second-order valence-electron chi connectivity index (χ2n) is 5.70. The van der Waals surface area contributed by atoms with Crippen LogP contribution in [0.2, 0.25) is 0 Å². The zero-order valence-corrected chi connectivity index (χ0v) is 14.6. The Balaban J connectivity index is 0. The van der Waals surface area contributed by atoms with Gasteiger partial charge in [0.2, 0.25) is 5.91 Å². The Hall–Kier alpha value is -0.0300. The normalized spacial score (nSPS) is 20.6. The van der Waals surface area contributed by atoms with Gasteiger partial charge in [-0.1, -0.05) is 13.8 Å². The van der Waals surface area contributed by atoms with Crippen molar-refractivity contribution in [2.45, 2.75) is 52.5 Å². The maximum Gasteiger partial charge on any atom is 0.230 e. The van der Waals surface area contributed by atoms with E-state index in [1.165, 1.54) is 0 Å². The number of carbonyl (C=O) groups excluding carboxylic acids is 1. The summed E-state index contributed by atoms with van der Waals surface area (Å²) < 4.78 is 0. The van der Waals surface area contributed by atoms with Crippen molar-refractivity contribution in [1.29, 1.82) is 0 Å². The van der Waals surface area contributed by atoms with Crippen LogP contribution in [-0.2, 0) is 4.79 Å². The van der Waals surface area contributed by atoms with Gasteiger partial charge in [0.15, 0.2) is 0 Å². The largest absolute Gasteiger partial charge is 0.342 e. The van der Waals surface area contributed by atoms with Crippen LogP contribution in [-0.4, -0.2) is 36.5 Å². The molecule has 0 aromatic carbocycles.